The maximum atomic E-state index is 10.6. The third-order valence-corrected chi connectivity index (χ3v) is 3.50. The smallest absolute Gasteiger partial charge is 0.772 e. The number of fused-ring (bicyclic) bond motifs is 2. The van der Waals surface area contributed by atoms with E-state index in [2.05, 4.69) is 12.2 Å². The summed E-state index contributed by atoms with van der Waals surface area (Å²) in [4.78, 5) is 0. The van der Waals surface area contributed by atoms with E-state index in [-0.39, 0.29) is 34.8 Å². The molecule has 1 saturated carbocycles. The fourth-order valence-electron chi connectivity index (χ4n) is 1.95. The summed E-state index contributed by atoms with van der Waals surface area (Å²) in [6, 6.07) is 0. The van der Waals surface area contributed by atoms with Crippen molar-refractivity contribution in [3.8, 4) is 0 Å². The average molecular weight is 180 g/mol. The Bertz CT molecular complexity index is 205. The van der Waals surface area contributed by atoms with Crippen molar-refractivity contribution in [3.05, 3.63) is 12.2 Å². The van der Waals surface area contributed by atoms with E-state index in [1.165, 1.54) is 0 Å². The van der Waals surface area contributed by atoms with E-state index in [0.29, 0.717) is 11.8 Å². The van der Waals surface area contributed by atoms with Crippen molar-refractivity contribution >= 4 is 11.1 Å². The van der Waals surface area contributed by atoms with Gasteiger partial charge in [0, 0.05) is 5.25 Å². The van der Waals surface area contributed by atoms with Crippen LogP contribution in [0.1, 0.15) is 12.8 Å². The van der Waals surface area contributed by atoms with Gasteiger partial charge < -0.3 is 4.55 Å². The molecule has 2 aliphatic rings. The fraction of sp³-hybridized carbons (Fsp3) is 0.714. The molecule has 0 amide bonds. The zero-order valence-corrected chi connectivity index (χ0v) is 9.34. The average Bonchev–Trinajstić information content (AvgIpc) is 2.44. The van der Waals surface area contributed by atoms with Gasteiger partial charge in [-0.05, 0) is 24.7 Å². The molecule has 2 bridgehead atoms. The maximum absolute atomic E-state index is 10.6. The van der Waals surface area contributed by atoms with Gasteiger partial charge in [-0.25, -0.2) is 0 Å². The molecule has 0 heterocycles. The first-order valence-corrected chi connectivity index (χ1v) is 4.67. The third kappa shape index (κ3) is 1.78. The van der Waals surface area contributed by atoms with Gasteiger partial charge in [-0.2, -0.15) is 0 Å². The Morgan fingerprint density at radius 3 is 2.36 bits per heavy atom. The van der Waals surface area contributed by atoms with Crippen LogP contribution in [0.15, 0.2) is 12.2 Å². The number of hydrogen-bond donors (Lipinski definition) is 0. The van der Waals surface area contributed by atoms with Crippen LogP contribution >= 0.6 is 0 Å². The number of rotatable bonds is 1. The summed E-state index contributed by atoms with van der Waals surface area (Å²) >= 11 is -1.84. The second-order valence-corrected chi connectivity index (χ2v) is 4.21. The first-order valence-electron chi connectivity index (χ1n) is 3.54. The van der Waals surface area contributed by atoms with Gasteiger partial charge in [0.15, 0.2) is 0 Å². The van der Waals surface area contributed by atoms with Crippen LogP contribution in [0.2, 0.25) is 0 Å². The van der Waals surface area contributed by atoms with Gasteiger partial charge in [0.1, 0.15) is 0 Å². The molecule has 0 aromatic carbocycles. The van der Waals surface area contributed by atoms with Gasteiger partial charge in [-0.1, -0.05) is 23.2 Å². The molecular weight excluding hydrogens is 171 g/mol. The van der Waals surface area contributed by atoms with E-state index >= 15 is 0 Å². The predicted molar refractivity (Wildman–Crippen MR) is 38.1 cm³/mol. The molecule has 0 aromatic heterocycles. The monoisotopic (exact) mass is 180 g/mol. The predicted octanol–water partition coefficient (Wildman–Crippen LogP) is -2.17. The summed E-state index contributed by atoms with van der Waals surface area (Å²) in [7, 11) is 0. The van der Waals surface area contributed by atoms with Crippen LogP contribution in [-0.2, 0) is 11.1 Å². The number of allylic oxidation sites excluding steroid dienone is 2. The standard InChI is InChI=1S/C7H10O2S.Na/c8-10(9)7-4-5-1-2-6(7)3-5;/h1-2,5-7H,3-4H2,(H,8,9);/q;+1/p-1. The van der Waals surface area contributed by atoms with Gasteiger partial charge in [-0.3, -0.25) is 4.21 Å². The molecule has 4 unspecified atom stereocenters. The molecule has 11 heavy (non-hydrogen) atoms. The van der Waals surface area contributed by atoms with Crippen molar-refractivity contribution in [2.24, 2.45) is 11.8 Å². The zero-order valence-electron chi connectivity index (χ0n) is 6.53. The second kappa shape index (κ2) is 3.71. The topological polar surface area (TPSA) is 40.1 Å². The van der Waals surface area contributed by atoms with Crippen molar-refractivity contribution < 1.29 is 38.3 Å². The van der Waals surface area contributed by atoms with Crippen molar-refractivity contribution in [1.82, 2.24) is 0 Å². The molecular formula is C7H9NaO2S. The molecule has 0 saturated heterocycles. The van der Waals surface area contributed by atoms with Crippen LogP contribution in [0, 0.1) is 11.8 Å². The molecule has 4 atom stereocenters. The third-order valence-electron chi connectivity index (χ3n) is 2.47. The Labute approximate surface area is 91.0 Å². The Morgan fingerprint density at radius 1 is 1.36 bits per heavy atom. The van der Waals surface area contributed by atoms with E-state index in [1.54, 1.807) is 0 Å². The Hall–Kier alpha value is 0.850. The molecule has 0 radical (unpaired) electrons. The van der Waals surface area contributed by atoms with Crippen LogP contribution in [-0.4, -0.2) is 14.0 Å². The van der Waals surface area contributed by atoms with Crippen molar-refractivity contribution in [2.45, 2.75) is 18.1 Å². The first kappa shape index (κ1) is 9.93. The number of hydrogen-bond acceptors (Lipinski definition) is 2. The van der Waals surface area contributed by atoms with E-state index < -0.39 is 11.1 Å². The van der Waals surface area contributed by atoms with E-state index in [4.69, 9.17) is 0 Å². The summed E-state index contributed by atoms with van der Waals surface area (Å²) in [5, 5.41) is -0.0741. The van der Waals surface area contributed by atoms with E-state index in [0.717, 1.165) is 12.8 Å². The van der Waals surface area contributed by atoms with Crippen LogP contribution in [0.4, 0.5) is 0 Å². The molecule has 2 rings (SSSR count). The summed E-state index contributed by atoms with van der Waals surface area (Å²) in [6.07, 6.45) is 6.12. The molecule has 1 fully saturated rings. The summed E-state index contributed by atoms with van der Waals surface area (Å²) in [5.74, 6) is 0.899. The van der Waals surface area contributed by atoms with E-state index in [1.807, 2.05) is 0 Å². The molecule has 2 aliphatic carbocycles. The van der Waals surface area contributed by atoms with Gasteiger partial charge in [-0.15, -0.1) is 0 Å². The summed E-state index contributed by atoms with van der Waals surface area (Å²) < 4.78 is 21.1. The van der Waals surface area contributed by atoms with Gasteiger partial charge in [0.2, 0.25) is 0 Å². The van der Waals surface area contributed by atoms with Crippen LogP contribution < -0.4 is 29.6 Å². The summed E-state index contributed by atoms with van der Waals surface area (Å²) in [5.41, 5.74) is 0. The Balaban J connectivity index is 0.000000605. The van der Waals surface area contributed by atoms with E-state index in [9.17, 15) is 8.76 Å². The van der Waals surface area contributed by atoms with Gasteiger partial charge >= 0.3 is 29.6 Å². The van der Waals surface area contributed by atoms with Crippen LogP contribution in [0.5, 0.6) is 0 Å². The minimum Gasteiger partial charge on any atom is -0.772 e. The van der Waals surface area contributed by atoms with Crippen molar-refractivity contribution in [1.29, 1.82) is 0 Å². The molecule has 0 N–H and O–H groups in total. The molecule has 4 heteroatoms. The first-order chi connectivity index (χ1) is 4.77. The fourth-order valence-corrected chi connectivity index (χ4v) is 2.84. The summed E-state index contributed by atoms with van der Waals surface area (Å²) in [6.45, 7) is 0. The van der Waals surface area contributed by atoms with Gasteiger partial charge in [0.25, 0.3) is 0 Å². The van der Waals surface area contributed by atoms with Crippen LogP contribution in [0.25, 0.3) is 0 Å². The largest absolute Gasteiger partial charge is 1.00 e. The SMILES string of the molecule is O=S([O-])C1CC2C=CC1C2.[Na+]. The molecule has 2 nitrogen and oxygen atoms in total. The Kier molecular flexibility index (Phi) is 3.35. The van der Waals surface area contributed by atoms with Crippen molar-refractivity contribution in [3.63, 3.8) is 0 Å². The quantitative estimate of drug-likeness (QED) is 0.262. The molecule has 0 aromatic rings. The zero-order chi connectivity index (χ0) is 7.14. The van der Waals surface area contributed by atoms with Gasteiger partial charge in [0.05, 0.1) is 0 Å². The van der Waals surface area contributed by atoms with Crippen molar-refractivity contribution in [2.75, 3.05) is 0 Å². The minimum atomic E-state index is -1.84. The molecule has 56 valence electrons. The molecule has 0 aliphatic heterocycles. The second-order valence-electron chi connectivity index (χ2n) is 3.08. The van der Waals surface area contributed by atoms with Crippen LogP contribution in [0.3, 0.4) is 0 Å². The normalized spacial score (nSPS) is 42.1. The molecule has 0 spiro atoms. The Morgan fingerprint density at radius 2 is 2.09 bits per heavy atom. The maximum Gasteiger partial charge on any atom is 1.00 e. The minimum absolute atomic E-state index is 0.